The molecule has 1 unspecified atom stereocenters. The van der Waals surface area contributed by atoms with Gasteiger partial charge in [0.1, 0.15) is 0 Å². The van der Waals surface area contributed by atoms with Gasteiger partial charge in [0.05, 0.1) is 0 Å². The molecular weight excluding hydrogens is 212 g/mol. The van der Waals surface area contributed by atoms with Crippen molar-refractivity contribution >= 4 is 5.91 Å². The van der Waals surface area contributed by atoms with E-state index in [0.717, 1.165) is 45.2 Å². The number of carbonyl (C=O) groups is 1. The molecule has 2 N–H and O–H groups in total. The van der Waals surface area contributed by atoms with Crippen LogP contribution in [-0.2, 0) is 4.79 Å². The summed E-state index contributed by atoms with van der Waals surface area (Å²) >= 11 is 0. The van der Waals surface area contributed by atoms with Crippen molar-refractivity contribution in [2.24, 2.45) is 17.1 Å². The smallest absolute Gasteiger partial charge is 0.228 e. The van der Waals surface area contributed by atoms with Crippen LogP contribution in [0.4, 0.5) is 0 Å². The number of nitrogens with two attached hydrogens (primary N) is 1. The number of carbonyl (C=O) groups excluding carboxylic acids is 1. The first kappa shape index (κ1) is 12.9. The van der Waals surface area contributed by atoms with Crippen LogP contribution in [0, 0.1) is 11.3 Å². The van der Waals surface area contributed by atoms with Crippen molar-refractivity contribution < 1.29 is 4.79 Å². The zero-order valence-corrected chi connectivity index (χ0v) is 11.2. The second kappa shape index (κ2) is 4.97. The fourth-order valence-corrected chi connectivity index (χ4v) is 3.29. The van der Waals surface area contributed by atoms with Gasteiger partial charge >= 0.3 is 0 Å². The summed E-state index contributed by atoms with van der Waals surface area (Å²) in [4.78, 5) is 14.6. The predicted molar refractivity (Wildman–Crippen MR) is 69.5 cm³/mol. The summed E-state index contributed by atoms with van der Waals surface area (Å²) in [6.07, 6.45) is 6.63. The first-order valence-electron chi connectivity index (χ1n) is 7.14. The molecule has 1 atom stereocenters. The topological polar surface area (TPSA) is 46.3 Å². The van der Waals surface area contributed by atoms with E-state index in [2.05, 4.69) is 18.7 Å². The van der Waals surface area contributed by atoms with E-state index in [4.69, 9.17) is 5.73 Å². The van der Waals surface area contributed by atoms with Gasteiger partial charge in [-0.15, -0.1) is 0 Å². The molecule has 0 aromatic rings. The Morgan fingerprint density at radius 3 is 2.35 bits per heavy atom. The van der Waals surface area contributed by atoms with Gasteiger partial charge in [-0.1, -0.05) is 13.3 Å². The highest BCUT2D eigenvalue weighted by atomic mass is 16.2. The van der Waals surface area contributed by atoms with E-state index in [-0.39, 0.29) is 11.5 Å². The third-order valence-corrected chi connectivity index (χ3v) is 5.01. The van der Waals surface area contributed by atoms with Crippen LogP contribution in [-0.4, -0.2) is 29.9 Å². The molecule has 3 nitrogen and oxygen atoms in total. The molecule has 1 aliphatic carbocycles. The average Bonchev–Trinajstić information content (AvgIpc) is 2.28. The van der Waals surface area contributed by atoms with Crippen LogP contribution in [0.15, 0.2) is 0 Å². The Hall–Kier alpha value is -0.570. The van der Waals surface area contributed by atoms with Gasteiger partial charge in [0.2, 0.25) is 5.91 Å². The van der Waals surface area contributed by atoms with Crippen molar-refractivity contribution in [3.05, 3.63) is 0 Å². The Bertz CT molecular complexity index is 270. The van der Waals surface area contributed by atoms with Gasteiger partial charge in [-0.05, 0) is 44.9 Å². The Labute approximate surface area is 105 Å². The second-order valence-electron chi connectivity index (χ2n) is 5.98. The van der Waals surface area contributed by atoms with Crippen LogP contribution in [0.2, 0.25) is 0 Å². The molecule has 98 valence electrons. The first-order chi connectivity index (χ1) is 8.09. The zero-order chi connectivity index (χ0) is 12.5. The van der Waals surface area contributed by atoms with Crippen molar-refractivity contribution in [1.29, 1.82) is 0 Å². The molecule has 3 heteroatoms. The summed E-state index contributed by atoms with van der Waals surface area (Å²) in [5, 5.41) is 0. The summed E-state index contributed by atoms with van der Waals surface area (Å²) in [6.45, 7) is 6.09. The lowest BCUT2D eigenvalue weighted by Gasteiger charge is -2.45. The highest BCUT2D eigenvalue weighted by Gasteiger charge is 2.45. The number of hydrogen-bond donors (Lipinski definition) is 1. The third-order valence-electron chi connectivity index (χ3n) is 5.01. The fraction of sp³-hybridized carbons (Fsp3) is 0.929. The SMILES string of the molecule is CCC1(C(=O)N2CCC(C(C)N)CC2)CCC1. The fourth-order valence-electron chi connectivity index (χ4n) is 3.29. The van der Waals surface area contributed by atoms with E-state index < -0.39 is 0 Å². The van der Waals surface area contributed by atoms with E-state index in [9.17, 15) is 4.79 Å². The number of amides is 1. The van der Waals surface area contributed by atoms with E-state index in [1.807, 2.05) is 0 Å². The van der Waals surface area contributed by atoms with Crippen LogP contribution in [0.3, 0.4) is 0 Å². The summed E-state index contributed by atoms with van der Waals surface area (Å²) in [5.41, 5.74) is 5.95. The van der Waals surface area contributed by atoms with Crippen LogP contribution < -0.4 is 5.73 Å². The molecule has 0 bridgehead atoms. The Balaban J connectivity index is 1.90. The van der Waals surface area contributed by atoms with Crippen LogP contribution in [0.5, 0.6) is 0 Å². The van der Waals surface area contributed by atoms with Crippen molar-refractivity contribution in [2.45, 2.75) is 58.4 Å². The summed E-state index contributed by atoms with van der Waals surface area (Å²) in [5.74, 6) is 1.03. The van der Waals surface area contributed by atoms with Crippen molar-refractivity contribution in [3.63, 3.8) is 0 Å². The van der Waals surface area contributed by atoms with Crippen LogP contribution in [0.1, 0.15) is 52.4 Å². The predicted octanol–water partition coefficient (Wildman–Crippen LogP) is 2.15. The van der Waals surface area contributed by atoms with Gasteiger partial charge in [0.25, 0.3) is 0 Å². The minimum absolute atomic E-state index is 0.0150. The van der Waals surface area contributed by atoms with E-state index in [0.29, 0.717) is 11.8 Å². The molecule has 1 heterocycles. The maximum atomic E-state index is 12.5. The van der Waals surface area contributed by atoms with Crippen LogP contribution >= 0.6 is 0 Å². The van der Waals surface area contributed by atoms with Gasteiger partial charge in [-0.2, -0.15) is 0 Å². The number of nitrogens with zero attached hydrogens (tertiary/aromatic N) is 1. The van der Waals surface area contributed by atoms with Gasteiger partial charge in [-0.25, -0.2) is 0 Å². The minimum Gasteiger partial charge on any atom is -0.342 e. The molecule has 17 heavy (non-hydrogen) atoms. The van der Waals surface area contributed by atoms with Gasteiger partial charge in [0, 0.05) is 24.5 Å². The van der Waals surface area contributed by atoms with Crippen molar-refractivity contribution in [3.8, 4) is 0 Å². The summed E-state index contributed by atoms with van der Waals surface area (Å²) < 4.78 is 0. The lowest BCUT2D eigenvalue weighted by atomic mass is 9.66. The molecule has 0 spiro atoms. The lowest BCUT2D eigenvalue weighted by Crippen LogP contribution is -2.51. The number of piperidine rings is 1. The monoisotopic (exact) mass is 238 g/mol. The average molecular weight is 238 g/mol. The molecule has 2 aliphatic rings. The van der Waals surface area contributed by atoms with Crippen molar-refractivity contribution in [1.82, 2.24) is 4.90 Å². The molecule has 2 rings (SSSR count). The minimum atomic E-state index is 0.0150. The van der Waals surface area contributed by atoms with Crippen LogP contribution in [0.25, 0.3) is 0 Å². The molecule has 0 aromatic heterocycles. The first-order valence-corrected chi connectivity index (χ1v) is 7.14. The Kier molecular flexibility index (Phi) is 3.76. The molecular formula is C14H26N2O. The van der Waals surface area contributed by atoms with E-state index in [1.165, 1.54) is 6.42 Å². The van der Waals surface area contributed by atoms with Crippen molar-refractivity contribution in [2.75, 3.05) is 13.1 Å². The lowest BCUT2D eigenvalue weighted by molar-refractivity contribution is -0.149. The number of likely N-dealkylation sites (tertiary alicyclic amines) is 1. The molecule has 0 aromatic carbocycles. The normalized spacial score (nSPS) is 26.4. The van der Waals surface area contributed by atoms with E-state index in [1.54, 1.807) is 0 Å². The summed E-state index contributed by atoms with van der Waals surface area (Å²) in [7, 11) is 0. The molecule has 0 radical (unpaired) electrons. The second-order valence-corrected chi connectivity index (χ2v) is 5.98. The molecule has 2 fully saturated rings. The largest absolute Gasteiger partial charge is 0.342 e. The standard InChI is InChI=1S/C14H26N2O/c1-3-14(7-4-8-14)13(17)16-9-5-12(6-10-16)11(2)15/h11-12H,3-10,15H2,1-2H3. The molecule has 1 saturated heterocycles. The van der Waals surface area contributed by atoms with Gasteiger partial charge in [0.15, 0.2) is 0 Å². The highest BCUT2D eigenvalue weighted by Crippen LogP contribution is 2.45. The quantitative estimate of drug-likeness (QED) is 0.819. The number of rotatable bonds is 3. The molecule has 1 aliphatic heterocycles. The maximum absolute atomic E-state index is 12.5. The number of hydrogen-bond acceptors (Lipinski definition) is 2. The third kappa shape index (κ3) is 2.35. The van der Waals surface area contributed by atoms with Gasteiger partial charge < -0.3 is 10.6 Å². The molecule has 1 saturated carbocycles. The highest BCUT2D eigenvalue weighted by molar-refractivity contribution is 5.83. The maximum Gasteiger partial charge on any atom is 0.228 e. The summed E-state index contributed by atoms with van der Waals surface area (Å²) in [6, 6.07) is 0.274. The molecule has 1 amide bonds. The van der Waals surface area contributed by atoms with Gasteiger partial charge in [-0.3, -0.25) is 4.79 Å². The van der Waals surface area contributed by atoms with E-state index >= 15 is 0 Å². The Morgan fingerprint density at radius 2 is 2.00 bits per heavy atom. The Morgan fingerprint density at radius 1 is 1.41 bits per heavy atom. The zero-order valence-electron chi connectivity index (χ0n) is 11.2.